The van der Waals surface area contributed by atoms with Crippen LogP contribution in [0.15, 0.2) is 23.1 Å². The van der Waals surface area contributed by atoms with Crippen molar-refractivity contribution in [3.63, 3.8) is 0 Å². The van der Waals surface area contributed by atoms with Gasteiger partial charge in [-0.2, -0.15) is 4.72 Å². The van der Waals surface area contributed by atoms with Gasteiger partial charge >= 0.3 is 5.97 Å². The van der Waals surface area contributed by atoms with Gasteiger partial charge in [0.1, 0.15) is 5.54 Å². The van der Waals surface area contributed by atoms with Crippen LogP contribution in [0.4, 0.5) is 0 Å². The van der Waals surface area contributed by atoms with Gasteiger partial charge in [0.2, 0.25) is 10.0 Å². The van der Waals surface area contributed by atoms with E-state index in [0.29, 0.717) is 5.56 Å². The summed E-state index contributed by atoms with van der Waals surface area (Å²) in [7, 11) is -2.55. The molecule has 0 aliphatic rings. The first-order valence-electron chi connectivity index (χ1n) is 5.80. The van der Waals surface area contributed by atoms with Crippen LogP contribution in [-0.4, -0.2) is 27.0 Å². The van der Waals surface area contributed by atoms with Crippen molar-refractivity contribution < 1.29 is 17.9 Å². The van der Waals surface area contributed by atoms with Crippen LogP contribution >= 0.6 is 0 Å². The number of nitrogens with one attached hydrogen (secondary N) is 1. The first-order valence-corrected chi connectivity index (χ1v) is 7.28. The van der Waals surface area contributed by atoms with Crippen molar-refractivity contribution in [3.8, 4) is 0 Å². The lowest BCUT2D eigenvalue weighted by Gasteiger charge is -2.23. The zero-order chi connectivity index (χ0) is 14.8. The molecule has 0 spiro atoms. The highest BCUT2D eigenvalue weighted by molar-refractivity contribution is 7.89. The number of hydrogen-bond acceptors (Lipinski definition) is 4. The molecule has 0 fully saturated rings. The highest BCUT2D eigenvalue weighted by Crippen LogP contribution is 2.19. The van der Waals surface area contributed by atoms with E-state index in [1.165, 1.54) is 27.0 Å². The van der Waals surface area contributed by atoms with E-state index in [9.17, 15) is 13.2 Å². The monoisotopic (exact) mass is 285 g/mol. The van der Waals surface area contributed by atoms with E-state index in [1.807, 2.05) is 6.92 Å². The van der Waals surface area contributed by atoms with Gasteiger partial charge in [0.15, 0.2) is 0 Å². The van der Waals surface area contributed by atoms with Gasteiger partial charge in [0.25, 0.3) is 0 Å². The summed E-state index contributed by atoms with van der Waals surface area (Å²) in [5.74, 6) is -0.638. The van der Waals surface area contributed by atoms with Gasteiger partial charge in [-0.3, -0.25) is 4.79 Å². The molecule has 6 heteroatoms. The summed E-state index contributed by atoms with van der Waals surface area (Å²) in [5.41, 5.74) is 0.294. The lowest BCUT2D eigenvalue weighted by atomic mass is 10.1. The Morgan fingerprint density at radius 1 is 1.26 bits per heavy atom. The van der Waals surface area contributed by atoms with Crippen LogP contribution in [0.1, 0.15) is 25.0 Å². The molecule has 0 unspecified atom stereocenters. The second kappa shape index (κ2) is 5.30. The van der Waals surface area contributed by atoms with Crippen molar-refractivity contribution in [3.05, 3.63) is 29.3 Å². The number of hydrogen-bond donors (Lipinski definition) is 1. The summed E-state index contributed by atoms with van der Waals surface area (Å²) < 4.78 is 31.5. The Labute approximate surface area is 114 Å². The van der Waals surface area contributed by atoms with E-state index in [0.717, 1.165) is 5.56 Å². The first-order chi connectivity index (χ1) is 8.60. The molecule has 1 aromatic rings. The summed E-state index contributed by atoms with van der Waals surface area (Å²) >= 11 is 0. The third-order valence-electron chi connectivity index (χ3n) is 2.71. The number of carbonyl (C=O) groups is 1. The number of rotatable bonds is 4. The van der Waals surface area contributed by atoms with Crippen LogP contribution < -0.4 is 4.72 Å². The first kappa shape index (κ1) is 15.7. The van der Waals surface area contributed by atoms with E-state index in [-0.39, 0.29) is 4.90 Å². The number of methoxy groups -OCH3 is 1. The Morgan fingerprint density at radius 3 is 2.32 bits per heavy atom. The van der Waals surface area contributed by atoms with Crippen LogP contribution in [0.5, 0.6) is 0 Å². The molecule has 0 saturated carbocycles. The summed E-state index contributed by atoms with van der Waals surface area (Å²) in [6.45, 7) is 6.52. The number of ether oxygens (including phenoxy) is 1. The molecule has 0 amide bonds. The molecule has 5 nitrogen and oxygen atoms in total. The maximum atomic E-state index is 12.3. The Hall–Kier alpha value is -1.40. The summed E-state index contributed by atoms with van der Waals surface area (Å²) in [5, 5.41) is 0. The van der Waals surface area contributed by atoms with Crippen LogP contribution in [0, 0.1) is 13.8 Å². The van der Waals surface area contributed by atoms with Crippen LogP contribution in [0.25, 0.3) is 0 Å². The standard InChI is InChI=1S/C13H19NO4S/c1-9-6-7-11(10(2)8-9)19(16,17)14-13(3,4)12(15)18-5/h6-8,14H,1-5H3. The minimum Gasteiger partial charge on any atom is -0.468 e. The number of sulfonamides is 1. The Morgan fingerprint density at radius 2 is 1.84 bits per heavy atom. The molecule has 1 rings (SSSR count). The predicted molar refractivity (Wildman–Crippen MR) is 72.3 cm³/mol. The predicted octanol–water partition coefficient (Wildman–Crippen LogP) is 1.53. The number of aryl methyl sites for hydroxylation is 2. The maximum Gasteiger partial charge on any atom is 0.326 e. The van der Waals surface area contributed by atoms with Crippen molar-refractivity contribution in [1.29, 1.82) is 0 Å². The lowest BCUT2D eigenvalue weighted by molar-refractivity contribution is -0.146. The van der Waals surface area contributed by atoms with Crippen molar-refractivity contribution in [2.24, 2.45) is 0 Å². The Bertz CT molecular complexity index is 591. The van der Waals surface area contributed by atoms with Gasteiger partial charge in [-0.25, -0.2) is 8.42 Å². The minimum absolute atomic E-state index is 0.162. The Kier molecular flexibility index (Phi) is 4.37. The summed E-state index contributed by atoms with van der Waals surface area (Å²) in [6, 6.07) is 5.02. The SMILES string of the molecule is COC(=O)C(C)(C)NS(=O)(=O)c1ccc(C)cc1C. The largest absolute Gasteiger partial charge is 0.468 e. The molecular formula is C13H19NO4S. The Balaban J connectivity index is 3.15. The van der Waals surface area contributed by atoms with Gasteiger partial charge in [0.05, 0.1) is 12.0 Å². The molecule has 19 heavy (non-hydrogen) atoms. The van der Waals surface area contributed by atoms with Crippen LogP contribution in [0.2, 0.25) is 0 Å². The fraction of sp³-hybridized carbons (Fsp3) is 0.462. The maximum absolute atomic E-state index is 12.3. The molecule has 106 valence electrons. The van der Waals surface area contributed by atoms with E-state index in [4.69, 9.17) is 0 Å². The smallest absolute Gasteiger partial charge is 0.326 e. The van der Waals surface area contributed by atoms with Gasteiger partial charge < -0.3 is 4.74 Å². The number of esters is 1. The van der Waals surface area contributed by atoms with Crippen molar-refractivity contribution >= 4 is 16.0 Å². The zero-order valence-electron chi connectivity index (χ0n) is 11.8. The van der Waals surface area contributed by atoms with Crippen molar-refractivity contribution in [1.82, 2.24) is 4.72 Å². The molecule has 0 heterocycles. The summed E-state index contributed by atoms with van der Waals surface area (Å²) in [4.78, 5) is 11.7. The van der Waals surface area contributed by atoms with Crippen molar-refractivity contribution in [2.75, 3.05) is 7.11 Å². The molecule has 0 aliphatic heterocycles. The molecule has 0 aromatic heterocycles. The minimum atomic E-state index is -3.77. The summed E-state index contributed by atoms with van der Waals surface area (Å²) in [6.07, 6.45) is 0. The molecular weight excluding hydrogens is 266 g/mol. The van der Waals surface area contributed by atoms with E-state index < -0.39 is 21.5 Å². The highest BCUT2D eigenvalue weighted by Gasteiger charge is 2.34. The van der Waals surface area contributed by atoms with E-state index in [1.54, 1.807) is 19.1 Å². The topological polar surface area (TPSA) is 72.5 Å². The highest BCUT2D eigenvalue weighted by atomic mass is 32.2. The van der Waals surface area contributed by atoms with Gasteiger partial charge in [-0.05, 0) is 39.3 Å². The second-order valence-corrected chi connectivity index (χ2v) is 6.64. The van der Waals surface area contributed by atoms with Gasteiger partial charge in [-0.15, -0.1) is 0 Å². The normalized spacial score (nSPS) is 12.3. The van der Waals surface area contributed by atoms with Crippen LogP contribution in [0.3, 0.4) is 0 Å². The fourth-order valence-electron chi connectivity index (χ4n) is 1.79. The molecule has 1 N–H and O–H groups in total. The molecule has 0 atom stereocenters. The van der Waals surface area contributed by atoms with E-state index >= 15 is 0 Å². The lowest BCUT2D eigenvalue weighted by Crippen LogP contribution is -2.50. The number of benzene rings is 1. The fourth-order valence-corrected chi connectivity index (χ4v) is 3.38. The quantitative estimate of drug-likeness (QED) is 0.852. The average molecular weight is 285 g/mol. The molecule has 0 aliphatic carbocycles. The van der Waals surface area contributed by atoms with Gasteiger partial charge in [-0.1, -0.05) is 17.7 Å². The molecule has 0 saturated heterocycles. The van der Waals surface area contributed by atoms with Gasteiger partial charge in [0, 0.05) is 0 Å². The molecule has 1 aromatic carbocycles. The third-order valence-corrected chi connectivity index (χ3v) is 4.52. The second-order valence-electron chi connectivity index (χ2n) is 4.99. The zero-order valence-corrected chi connectivity index (χ0v) is 12.6. The number of carbonyl (C=O) groups excluding carboxylic acids is 1. The molecule has 0 radical (unpaired) electrons. The average Bonchev–Trinajstić information content (AvgIpc) is 2.25. The van der Waals surface area contributed by atoms with E-state index in [2.05, 4.69) is 9.46 Å². The third kappa shape index (κ3) is 3.54. The van der Waals surface area contributed by atoms with Crippen LogP contribution in [-0.2, 0) is 19.6 Å². The van der Waals surface area contributed by atoms with Crippen molar-refractivity contribution in [2.45, 2.75) is 38.1 Å². The molecule has 0 bridgehead atoms.